The molecule has 0 saturated heterocycles. The molecule has 0 radical (unpaired) electrons. The Morgan fingerprint density at radius 3 is 2.51 bits per heavy atom. The molecule has 37 heavy (non-hydrogen) atoms. The smallest absolute Gasteiger partial charge is 0.299 e. The van der Waals surface area contributed by atoms with E-state index in [1.807, 2.05) is 19.9 Å². The number of rotatable bonds is 10. The number of carbonyl (C=O) groups is 2. The second kappa shape index (κ2) is 10.8. The summed E-state index contributed by atoms with van der Waals surface area (Å²) in [6, 6.07) is 13.9. The molecule has 1 aromatic heterocycles. The van der Waals surface area contributed by atoms with Gasteiger partial charge in [-0.3, -0.25) is 20.3 Å². The molecule has 7 nitrogen and oxygen atoms in total. The highest BCUT2D eigenvalue weighted by atomic mass is 32.1. The number of hydrogen-bond donors (Lipinski definition) is 5. The van der Waals surface area contributed by atoms with Crippen LogP contribution in [0.25, 0.3) is 11.1 Å². The Hall–Kier alpha value is -3.63. The largest absolute Gasteiger partial charge is 0.383 e. The maximum Gasteiger partial charge on any atom is 0.299 e. The van der Waals surface area contributed by atoms with E-state index in [0.29, 0.717) is 22.4 Å². The van der Waals surface area contributed by atoms with Gasteiger partial charge in [0, 0.05) is 27.6 Å². The Balaban J connectivity index is 1.36. The van der Waals surface area contributed by atoms with Crippen LogP contribution in [-0.2, 0) is 10.7 Å². The van der Waals surface area contributed by atoms with Crippen LogP contribution in [-0.4, -0.2) is 30.4 Å². The van der Waals surface area contributed by atoms with Gasteiger partial charge in [0.25, 0.3) is 11.8 Å². The van der Waals surface area contributed by atoms with Crippen LogP contribution >= 0.6 is 11.3 Å². The predicted octanol–water partition coefficient (Wildman–Crippen LogP) is 4.48. The lowest BCUT2D eigenvalue weighted by molar-refractivity contribution is -0.121. The molecule has 3 aromatic rings. The summed E-state index contributed by atoms with van der Waals surface area (Å²) in [6.45, 7) is 3.70. The van der Waals surface area contributed by atoms with E-state index in [-0.39, 0.29) is 47.2 Å². The van der Waals surface area contributed by atoms with E-state index < -0.39 is 11.8 Å². The van der Waals surface area contributed by atoms with Crippen LogP contribution < -0.4 is 21.7 Å². The fourth-order valence-corrected chi connectivity index (χ4v) is 5.31. The molecule has 4 rings (SSSR count). The third kappa shape index (κ3) is 5.55. The van der Waals surface area contributed by atoms with Gasteiger partial charge in [-0.2, -0.15) is 8.78 Å². The van der Waals surface area contributed by atoms with Crippen LogP contribution in [0.4, 0.5) is 8.78 Å². The van der Waals surface area contributed by atoms with E-state index in [0.717, 1.165) is 11.3 Å². The summed E-state index contributed by atoms with van der Waals surface area (Å²) >= 11 is 1.42. The van der Waals surface area contributed by atoms with Crippen LogP contribution in [0.2, 0.25) is 0 Å². The molecule has 2 atom stereocenters. The van der Waals surface area contributed by atoms with Crippen LogP contribution in [0.1, 0.15) is 64.0 Å². The van der Waals surface area contributed by atoms with Crippen molar-refractivity contribution in [1.82, 2.24) is 16.0 Å². The number of thiophene rings is 1. The van der Waals surface area contributed by atoms with Crippen LogP contribution in [0, 0.1) is 5.41 Å². The number of benzene rings is 2. The Morgan fingerprint density at radius 1 is 1.08 bits per heavy atom. The second-order valence-electron chi connectivity index (χ2n) is 8.98. The SMILES string of the molecule is CCCC(NC(=O)CNC(=O)c1ccc2c(c1)-c1ccccc1C2(F)F)N[C@H](C)c1ccc(C(=N)N)s1. The standard InChI is InChI=1S/C27H29F2N5O2S/c1-3-6-23(33-15(2)21-11-12-22(37-21)25(30)31)34-24(35)14-32-26(36)16-9-10-20-18(13-16)17-7-4-5-8-19(17)27(20,28)29/h4-5,7-13,15,23,33H,3,6,14H2,1-2H3,(H3,30,31)(H,32,36)(H,34,35)/t15-,23?/m1/s1. The number of fused-ring (bicyclic) bond motifs is 3. The average molecular weight is 526 g/mol. The van der Waals surface area contributed by atoms with Crippen molar-refractivity contribution in [2.75, 3.05) is 6.54 Å². The Morgan fingerprint density at radius 2 is 1.81 bits per heavy atom. The van der Waals surface area contributed by atoms with Gasteiger partial charge in [-0.05, 0) is 48.7 Å². The number of halogens is 2. The Labute approximate surface area is 218 Å². The van der Waals surface area contributed by atoms with Crippen molar-refractivity contribution >= 4 is 29.0 Å². The Kier molecular flexibility index (Phi) is 7.70. The molecule has 0 spiro atoms. The lowest BCUT2D eigenvalue weighted by Gasteiger charge is -2.24. The lowest BCUT2D eigenvalue weighted by atomic mass is 10.0. The topological polar surface area (TPSA) is 120 Å². The molecule has 0 saturated carbocycles. The van der Waals surface area contributed by atoms with Crippen molar-refractivity contribution in [3.63, 3.8) is 0 Å². The van der Waals surface area contributed by atoms with Crippen molar-refractivity contribution < 1.29 is 18.4 Å². The van der Waals surface area contributed by atoms with Crippen LogP contribution in [0.5, 0.6) is 0 Å². The molecular weight excluding hydrogens is 496 g/mol. The molecule has 1 heterocycles. The predicted molar refractivity (Wildman–Crippen MR) is 141 cm³/mol. The first-order valence-corrected chi connectivity index (χ1v) is 12.8. The van der Waals surface area contributed by atoms with Gasteiger partial charge >= 0.3 is 0 Å². The first-order chi connectivity index (χ1) is 17.6. The summed E-state index contributed by atoms with van der Waals surface area (Å²) in [5.74, 6) is -4.00. The van der Waals surface area contributed by atoms with E-state index in [1.54, 1.807) is 24.3 Å². The summed E-state index contributed by atoms with van der Waals surface area (Å²) < 4.78 is 29.5. The van der Waals surface area contributed by atoms with E-state index in [9.17, 15) is 18.4 Å². The molecule has 2 aromatic carbocycles. The molecule has 2 amide bonds. The van der Waals surface area contributed by atoms with Gasteiger partial charge in [0.2, 0.25) is 5.91 Å². The molecule has 194 valence electrons. The van der Waals surface area contributed by atoms with E-state index in [1.165, 1.54) is 35.6 Å². The number of nitrogen functional groups attached to an aromatic ring is 1. The Bertz CT molecular complexity index is 1340. The van der Waals surface area contributed by atoms with Crippen LogP contribution in [0.3, 0.4) is 0 Å². The quantitative estimate of drug-likeness (QED) is 0.152. The number of amides is 2. The fraction of sp³-hybridized carbons (Fsp3) is 0.296. The van der Waals surface area contributed by atoms with Crippen molar-refractivity contribution in [2.45, 2.75) is 44.8 Å². The number of nitrogens with one attached hydrogen (secondary N) is 4. The van der Waals surface area contributed by atoms with E-state index >= 15 is 0 Å². The van der Waals surface area contributed by atoms with E-state index in [2.05, 4.69) is 16.0 Å². The molecular formula is C27H29F2N5O2S. The van der Waals surface area contributed by atoms with Gasteiger partial charge in [0.15, 0.2) is 0 Å². The average Bonchev–Trinajstić information content (AvgIpc) is 3.45. The zero-order chi connectivity index (χ0) is 26.7. The fourth-order valence-electron chi connectivity index (χ4n) is 4.43. The molecule has 1 aliphatic carbocycles. The van der Waals surface area contributed by atoms with Crippen LogP contribution in [0.15, 0.2) is 54.6 Å². The van der Waals surface area contributed by atoms with Crippen molar-refractivity contribution in [1.29, 1.82) is 5.41 Å². The summed E-state index contributed by atoms with van der Waals surface area (Å²) in [5.41, 5.74) is 6.26. The number of amidine groups is 1. The second-order valence-corrected chi connectivity index (χ2v) is 10.1. The highest BCUT2D eigenvalue weighted by molar-refractivity contribution is 7.14. The molecule has 0 aliphatic heterocycles. The summed E-state index contributed by atoms with van der Waals surface area (Å²) in [5, 5.41) is 16.4. The van der Waals surface area contributed by atoms with Gasteiger partial charge in [0.1, 0.15) is 5.84 Å². The normalized spacial score (nSPS) is 14.8. The molecule has 0 fully saturated rings. The first kappa shape index (κ1) is 26.4. The third-order valence-corrected chi connectivity index (χ3v) is 7.57. The summed E-state index contributed by atoms with van der Waals surface area (Å²) in [4.78, 5) is 27.0. The molecule has 1 unspecified atom stereocenters. The van der Waals surface area contributed by atoms with E-state index in [4.69, 9.17) is 11.1 Å². The van der Waals surface area contributed by atoms with Gasteiger partial charge in [-0.25, -0.2) is 0 Å². The minimum atomic E-state index is -3.12. The van der Waals surface area contributed by atoms with Gasteiger partial charge in [-0.15, -0.1) is 11.3 Å². The summed E-state index contributed by atoms with van der Waals surface area (Å²) in [7, 11) is 0. The highest BCUT2D eigenvalue weighted by Crippen LogP contribution is 2.50. The molecule has 10 heteroatoms. The third-order valence-electron chi connectivity index (χ3n) is 6.27. The molecule has 6 N–H and O–H groups in total. The lowest BCUT2D eigenvalue weighted by Crippen LogP contribution is -2.49. The minimum absolute atomic E-state index is 0.0129. The maximum absolute atomic E-state index is 14.8. The molecule has 0 bridgehead atoms. The van der Waals surface area contributed by atoms with Gasteiger partial charge < -0.3 is 16.4 Å². The van der Waals surface area contributed by atoms with Gasteiger partial charge in [-0.1, -0.05) is 43.7 Å². The van der Waals surface area contributed by atoms with Crippen molar-refractivity contribution in [3.8, 4) is 11.1 Å². The number of alkyl halides is 2. The zero-order valence-electron chi connectivity index (χ0n) is 20.5. The molecule has 1 aliphatic rings. The number of carbonyl (C=O) groups excluding carboxylic acids is 2. The van der Waals surface area contributed by atoms with Crippen molar-refractivity contribution in [2.24, 2.45) is 5.73 Å². The van der Waals surface area contributed by atoms with Gasteiger partial charge in [0.05, 0.1) is 17.6 Å². The maximum atomic E-state index is 14.8. The highest BCUT2D eigenvalue weighted by Gasteiger charge is 2.44. The summed E-state index contributed by atoms with van der Waals surface area (Å²) in [6.07, 6.45) is 1.17. The number of hydrogen-bond acceptors (Lipinski definition) is 5. The van der Waals surface area contributed by atoms with Crippen molar-refractivity contribution in [3.05, 3.63) is 81.0 Å². The minimum Gasteiger partial charge on any atom is -0.383 e. The first-order valence-electron chi connectivity index (χ1n) is 12.0. The monoisotopic (exact) mass is 525 g/mol. The zero-order valence-corrected chi connectivity index (χ0v) is 21.3. The number of nitrogens with two attached hydrogens (primary N) is 1.